The molecule has 2 aromatic rings. The van der Waals surface area contributed by atoms with Gasteiger partial charge in [-0.1, -0.05) is 62.9 Å². The molecule has 0 aliphatic heterocycles. The molecule has 0 saturated heterocycles. The Kier molecular flexibility index (Phi) is 7.27. The number of ether oxygens (including phenoxy) is 1. The van der Waals surface area contributed by atoms with Gasteiger partial charge in [0.05, 0.1) is 0 Å². The van der Waals surface area contributed by atoms with Crippen molar-refractivity contribution in [2.24, 2.45) is 0 Å². The molecular formula is C22H26O. The first-order valence-corrected chi connectivity index (χ1v) is 8.69. The zero-order chi connectivity index (χ0) is 16.3. The van der Waals surface area contributed by atoms with Gasteiger partial charge in [0.1, 0.15) is 5.75 Å². The van der Waals surface area contributed by atoms with Gasteiger partial charge in [0.25, 0.3) is 0 Å². The number of allylic oxidation sites excluding steroid dienone is 2. The van der Waals surface area contributed by atoms with Crippen molar-refractivity contribution in [1.82, 2.24) is 0 Å². The van der Waals surface area contributed by atoms with Gasteiger partial charge in [0, 0.05) is 6.42 Å². The predicted octanol–water partition coefficient (Wildman–Crippen LogP) is 6.49. The van der Waals surface area contributed by atoms with E-state index in [1.54, 1.807) is 0 Å². The van der Waals surface area contributed by atoms with Gasteiger partial charge >= 0.3 is 0 Å². The van der Waals surface area contributed by atoms with E-state index >= 15 is 0 Å². The summed E-state index contributed by atoms with van der Waals surface area (Å²) in [6.07, 6.45) is 8.74. The van der Waals surface area contributed by atoms with Crippen molar-refractivity contribution in [2.45, 2.75) is 52.4 Å². The Balaban J connectivity index is 2.13. The highest BCUT2D eigenvalue weighted by Gasteiger charge is 2.00. The summed E-state index contributed by atoms with van der Waals surface area (Å²) < 4.78 is 6.04. The van der Waals surface area contributed by atoms with E-state index in [9.17, 15) is 0 Å². The summed E-state index contributed by atoms with van der Waals surface area (Å²) in [5.74, 6) is 8.07. The molecule has 0 aliphatic carbocycles. The Morgan fingerprint density at radius 3 is 2.57 bits per heavy atom. The summed E-state index contributed by atoms with van der Waals surface area (Å²) in [6.45, 7) is 4.38. The summed E-state index contributed by atoms with van der Waals surface area (Å²) in [4.78, 5) is 0. The van der Waals surface area contributed by atoms with Gasteiger partial charge in [-0.2, -0.15) is 0 Å². The molecule has 23 heavy (non-hydrogen) atoms. The molecule has 0 spiro atoms. The van der Waals surface area contributed by atoms with Gasteiger partial charge in [0.2, 0.25) is 0 Å². The normalized spacial score (nSPS) is 11.1. The van der Waals surface area contributed by atoms with Crippen LogP contribution in [-0.4, -0.2) is 0 Å². The van der Waals surface area contributed by atoms with E-state index in [4.69, 9.17) is 4.74 Å². The lowest BCUT2D eigenvalue weighted by atomic mass is 10.1. The van der Waals surface area contributed by atoms with Crippen LogP contribution < -0.4 is 4.74 Å². The molecule has 0 aromatic heterocycles. The van der Waals surface area contributed by atoms with Crippen LogP contribution in [-0.2, 0) is 0 Å². The molecule has 0 radical (unpaired) electrons. The summed E-state index contributed by atoms with van der Waals surface area (Å²) in [5, 5.41) is 2.42. The summed E-state index contributed by atoms with van der Waals surface area (Å²) >= 11 is 0. The zero-order valence-electron chi connectivity index (χ0n) is 14.3. The third-order valence-electron chi connectivity index (χ3n) is 3.70. The Morgan fingerprint density at radius 1 is 1.00 bits per heavy atom. The number of fused-ring (bicyclic) bond motifs is 1. The fourth-order valence-electron chi connectivity index (χ4n) is 2.33. The lowest BCUT2D eigenvalue weighted by Crippen LogP contribution is -1.93. The Morgan fingerprint density at radius 2 is 1.78 bits per heavy atom. The smallest absolute Gasteiger partial charge is 0.173 e. The second kappa shape index (κ2) is 9.74. The maximum Gasteiger partial charge on any atom is 0.173 e. The maximum atomic E-state index is 6.04. The van der Waals surface area contributed by atoms with Crippen molar-refractivity contribution in [3.8, 4) is 17.6 Å². The number of rotatable bonds is 7. The van der Waals surface area contributed by atoms with Gasteiger partial charge < -0.3 is 4.74 Å². The summed E-state index contributed by atoms with van der Waals surface area (Å²) in [7, 11) is 0. The van der Waals surface area contributed by atoms with Crippen LogP contribution in [0, 0.1) is 11.8 Å². The van der Waals surface area contributed by atoms with E-state index in [-0.39, 0.29) is 0 Å². The van der Waals surface area contributed by atoms with Crippen LogP contribution in [0.25, 0.3) is 10.8 Å². The maximum absolute atomic E-state index is 6.04. The topological polar surface area (TPSA) is 9.23 Å². The van der Waals surface area contributed by atoms with Crippen molar-refractivity contribution < 1.29 is 4.74 Å². The minimum absolute atomic E-state index is 0.782. The third-order valence-corrected chi connectivity index (χ3v) is 3.70. The highest BCUT2D eigenvalue weighted by atomic mass is 16.5. The molecule has 0 unspecified atom stereocenters. The van der Waals surface area contributed by atoms with E-state index in [0.29, 0.717) is 0 Å². The van der Waals surface area contributed by atoms with Gasteiger partial charge in [-0.3, -0.25) is 0 Å². The first-order valence-electron chi connectivity index (χ1n) is 8.69. The first kappa shape index (κ1) is 17.2. The van der Waals surface area contributed by atoms with Crippen LogP contribution in [0.5, 0.6) is 5.75 Å². The van der Waals surface area contributed by atoms with E-state index in [0.717, 1.165) is 30.8 Å². The third kappa shape index (κ3) is 5.83. The molecule has 0 bridgehead atoms. The van der Waals surface area contributed by atoms with Gasteiger partial charge in [0.15, 0.2) is 5.76 Å². The van der Waals surface area contributed by atoms with Crippen LogP contribution in [0.15, 0.2) is 54.3 Å². The molecule has 0 aliphatic rings. The Bertz CT molecular complexity index is 700. The molecule has 2 aromatic carbocycles. The Labute approximate surface area is 140 Å². The molecule has 1 nitrogen and oxygen atoms in total. The lowest BCUT2D eigenvalue weighted by Gasteiger charge is -2.06. The van der Waals surface area contributed by atoms with Crippen molar-refractivity contribution in [3.05, 3.63) is 54.3 Å². The summed E-state index contributed by atoms with van der Waals surface area (Å²) in [5.41, 5.74) is 0. The number of hydrogen-bond donors (Lipinski definition) is 0. The number of benzene rings is 2. The van der Waals surface area contributed by atoms with Crippen LogP contribution in [0.4, 0.5) is 0 Å². The largest absolute Gasteiger partial charge is 0.449 e. The number of unbranched alkanes of at least 4 members (excludes halogenated alkanes) is 4. The molecule has 0 atom stereocenters. The van der Waals surface area contributed by atoms with Crippen LogP contribution >= 0.6 is 0 Å². The van der Waals surface area contributed by atoms with E-state index in [1.807, 2.05) is 6.07 Å². The van der Waals surface area contributed by atoms with Crippen molar-refractivity contribution in [3.63, 3.8) is 0 Å². The molecule has 2 rings (SSSR count). The molecule has 1 heteroatoms. The van der Waals surface area contributed by atoms with Crippen LogP contribution in [0.3, 0.4) is 0 Å². The number of hydrogen-bond acceptors (Lipinski definition) is 1. The average molecular weight is 306 g/mol. The molecule has 120 valence electrons. The second-order valence-corrected chi connectivity index (χ2v) is 5.73. The highest BCUT2D eigenvalue weighted by molar-refractivity contribution is 5.83. The second-order valence-electron chi connectivity index (χ2n) is 5.73. The zero-order valence-corrected chi connectivity index (χ0v) is 14.3. The lowest BCUT2D eigenvalue weighted by molar-refractivity contribution is 0.447. The SMILES string of the molecule is CCCCC#C/C(=C/CCCC)Oc1ccc2ccccc2c1. The Hall–Kier alpha value is -2.20. The fraction of sp³-hybridized carbons (Fsp3) is 0.364. The predicted molar refractivity (Wildman–Crippen MR) is 99.5 cm³/mol. The van der Waals surface area contributed by atoms with E-state index in [2.05, 4.69) is 68.2 Å². The quantitative estimate of drug-likeness (QED) is 0.323. The van der Waals surface area contributed by atoms with Crippen molar-refractivity contribution >= 4 is 10.8 Å². The molecule has 0 heterocycles. The van der Waals surface area contributed by atoms with Crippen molar-refractivity contribution in [2.75, 3.05) is 0 Å². The monoisotopic (exact) mass is 306 g/mol. The summed E-state index contributed by atoms with van der Waals surface area (Å²) in [6, 6.07) is 14.5. The molecule has 0 saturated carbocycles. The highest BCUT2D eigenvalue weighted by Crippen LogP contribution is 2.22. The molecule has 0 fully saturated rings. The van der Waals surface area contributed by atoms with Crippen LogP contribution in [0.1, 0.15) is 52.4 Å². The minimum Gasteiger partial charge on any atom is -0.449 e. The fourth-order valence-corrected chi connectivity index (χ4v) is 2.33. The van der Waals surface area contributed by atoms with E-state index in [1.165, 1.54) is 30.0 Å². The van der Waals surface area contributed by atoms with Gasteiger partial charge in [-0.25, -0.2) is 0 Å². The standard InChI is InChI=1S/C22H26O/c1-3-5-7-9-15-21(14-8-6-4-2)23-22-17-16-19-12-10-11-13-20(19)18-22/h10-14,16-18H,3-8H2,1-2H3/b21-14-. The van der Waals surface area contributed by atoms with Gasteiger partial charge in [-0.15, -0.1) is 0 Å². The average Bonchev–Trinajstić information content (AvgIpc) is 2.58. The van der Waals surface area contributed by atoms with Crippen LogP contribution in [0.2, 0.25) is 0 Å². The molecule has 0 amide bonds. The van der Waals surface area contributed by atoms with Gasteiger partial charge in [-0.05, 0) is 54.2 Å². The molecule has 0 N–H and O–H groups in total. The van der Waals surface area contributed by atoms with E-state index < -0.39 is 0 Å². The van der Waals surface area contributed by atoms with Crippen molar-refractivity contribution in [1.29, 1.82) is 0 Å². The molecular weight excluding hydrogens is 280 g/mol. The minimum atomic E-state index is 0.782. The first-order chi connectivity index (χ1) is 11.3.